The molecule has 2 aliphatic rings. The summed E-state index contributed by atoms with van der Waals surface area (Å²) < 4.78 is 0. The summed E-state index contributed by atoms with van der Waals surface area (Å²) in [6.07, 6.45) is 1.11. The fraction of sp³-hybridized carbons (Fsp3) is 0.467. The Morgan fingerprint density at radius 1 is 1.29 bits per heavy atom. The number of nitrogens with zero attached hydrogens (tertiary/aromatic N) is 1. The summed E-state index contributed by atoms with van der Waals surface area (Å²) >= 11 is 0. The van der Waals surface area contributed by atoms with E-state index in [4.69, 9.17) is 5.11 Å². The first-order chi connectivity index (χ1) is 10.1. The molecule has 0 spiro atoms. The average Bonchev–Trinajstić information content (AvgIpc) is 2.67. The lowest BCUT2D eigenvalue weighted by atomic mass is 10.0. The Bertz CT molecular complexity index is 573. The Hall–Kier alpha value is -2.08. The van der Waals surface area contributed by atoms with E-state index < -0.39 is 6.09 Å². The van der Waals surface area contributed by atoms with Gasteiger partial charge in [-0.3, -0.25) is 4.79 Å². The van der Waals surface area contributed by atoms with E-state index in [2.05, 4.69) is 22.8 Å². The number of carbonyl (C=O) groups is 2. The van der Waals surface area contributed by atoms with Gasteiger partial charge in [0.05, 0.1) is 6.04 Å². The third kappa shape index (κ3) is 3.00. The SMILES string of the molecule is O=C(O)NC1CC(=O)N(c2ccc3c(c2)CCNCC3)C1. The lowest BCUT2D eigenvalue weighted by molar-refractivity contribution is -0.117. The first-order valence-electron chi connectivity index (χ1n) is 7.26. The van der Waals surface area contributed by atoms with E-state index in [1.807, 2.05) is 6.07 Å². The van der Waals surface area contributed by atoms with Gasteiger partial charge in [-0.25, -0.2) is 4.79 Å². The van der Waals surface area contributed by atoms with Crippen molar-refractivity contribution in [3.05, 3.63) is 29.3 Å². The van der Waals surface area contributed by atoms with Gasteiger partial charge in [0.1, 0.15) is 0 Å². The van der Waals surface area contributed by atoms with Crippen molar-refractivity contribution >= 4 is 17.7 Å². The minimum atomic E-state index is -1.08. The fourth-order valence-electron chi connectivity index (χ4n) is 3.06. The summed E-state index contributed by atoms with van der Waals surface area (Å²) in [5.41, 5.74) is 3.48. The van der Waals surface area contributed by atoms with Crippen molar-refractivity contribution < 1.29 is 14.7 Å². The molecular formula is C15H19N3O3. The summed E-state index contributed by atoms with van der Waals surface area (Å²) in [7, 11) is 0. The van der Waals surface area contributed by atoms with Gasteiger partial charge in [0.25, 0.3) is 0 Å². The van der Waals surface area contributed by atoms with Crippen LogP contribution >= 0.6 is 0 Å². The molecule has 1 saturated heterocycles. The van der Waals surface area contributed by atoms with Crippen LogP contribution in [0.5, 0.6) is 0 Å². The molecule has 1 aromatic carbocycles. The molecule has 0 radical (unpaired) electrons. The van der Waals surface area contributed by atoms with E-state index in [1.54, 1.807) is 4.90 Å². The highest BCUT2D eigenvalue weighted by Gasteiger charge is 2.31. The molecule has 2 aliphatic heterocycles. The lowest BCUT2D eigenvalue weighted by Gasteiger charge is -2.18. The van der Waals surface area contributed by atoms with Gasteiger partial charge in [0, 0.05) is 18.7 Å². The highest BCUT2D eigenvalue weighted by molar-refractivity contribution is 5.96. The number of fused-ring (bicyclic) bond motifs is 1. The van der Waals surface area contributed by atoms with E-state index in [9.17, 15) is 9.59 Å². The zero-order valence-corrected chi connectivity index (χ0v) is 11.8. The number of rotatable bonds is 2. The second-order valence-corrected chi connectivity index (χ2v) is 5.56. The van der Waals surface area contributed by atoms with Crippen molar-refractivity contribution in [2.24, 2.45) is 0 Å². The topological polar surface area (TPSA) is 81.7 Å². The van der Waals surface area contributed by atoms with Crippen molar-refractivity contribution in [3.8, 4) is 0 Å². The normalized spacial score (nSPS) is 21.8. The molecule has 112 valence electrons. The van der Waals surface area contributed by atoms with E-state index in [-0.39, 0.29) is 18.4 Å². The molecule has 2 heterocycles. The molecule has 1 atom stereocenters. The number of anilines is 1. The Labute approximate surface area is 123 Å². The molecule has 1 unspecified atom stereocenters. The minimum absolute atomic E-state index is 0.0274. The zero-order chi connectivity index (χ0) is 14.8. The standard InChI is InChI=1S/C15H19N3O3/c19-14-8-12(17-15(20)21)9-18(14)13-2-1-10-3-5-16-6-4-11(10)7-13/h1-2,7,12,16-17H,3-6,8-9H2,(H,20,21). The second-order valence-electron chi connectivity index (χ2n) is 5.56. The second kappa shape index (κ2) is 5.73. The maximum Gasteiger partial charge on any atom is 0.404 e. The van der Waals surface area contributed by atoms with Crippen molar-refractivity contribution in [2.75, 3.05) is 24.5 Å². The Morgan fingerprint density at radius 2 is 2.05 bits per heavy atom. The third-order valence-electron chi connectivity index (χ3n) is 4.10. The smallest absolute Gasteiger partial charge is 0.404 e. The number of hydrogen-bond donors (Lipinski definition) is 3. The van der Waals surface area contributed by atoms with Crippen LogP contribution in [0, 0.1) is 0 Å². The Balaban J connectivity index is 1.79. The van der Waals surface area contributed by atoms with E-state index in [0.717, 1.165) is 31.6 Å². The van der Waals surface area contributed by atoms with Gasteiger partial charge in [-0.1, -0.05) is 6.07 Å². The van der Waals surface area contributed by atoms with Crippen molar-refractivity contribution in [3.63, 3.8) is 0 Å². The van der Waals surface area contributed by atoms with Gasteiger partial charge < -0.3 is 20.6 Å². The number of carbonyl (C=O) groups excluding carboxylic acids is 1. The lowest BCUT2D eigenvalue weighted by Crippen LogP contribution is -2.36. The van der Waals surface area contributed by atoms with Crippen LogP contribution in [0.25, 0.3) is 0 Å². The zero-order valence-electron chi connectivity index (χ0n) is 11.8. The fourth-order valence-corrected chi connectivity index (χ4v) is 3.06. The summed E-state index contributed by atoms with van der Waals surface area (Å²) in [6, 6.07) is 5.80. The molecule has 21 heavy (non-hydrogen) atoms. The first kappa shape index (κ1) is 13.9. The Kier molecular flexibility index (Phi) is 3.79. The van der Waals surface area contributed by atoms with Crippen LogP contribution in [0.1, 0.15) is 17.5 Å². The van der Waals surface area contributed by atoms with Gasteiger partial charge in [-0.05, 0) is 49.2 Å². The summed E-state index contributed by atoms with van der Waals surface area (Å²) in [5.74, 6) is -0.0274. The van der Waals surface area contributed by atoms with Gasteiger partial charge in [0.2, 0.25) is 5.91 Å². The number of carboxylic acid groups (broad SMARTS) is 1. The van der Waals surface area contributed by atoms with E-state index in [1.165, 1.54) is 11.1 Å². The highest BCUT2D eigenvalue weighted by atomic mass is 16.4. The number of benzene rings is 1. The molecule has 1 aromatic rings. The van der Waals surface area contributed by atoms with Crippen LogP contribution in [0.2, 0.25) is 0 Å². The molecule has 6 nitrogen and oxygen atoms in total. The van der Waals surface area contributed by atoms with Crippen molar-refractivity contribution in [2.45, 2.75) is 25.3 Å². The van der Waals surface area contributed by atoms with Gasteiger partial charge in [-0.15, -0.1) is 0 Å². The molecule has 0 aromatic heterocycles. The number of amides is 2. The van der Waals surface area contributed by atoms with Gasteiger partial charge in [0.15, 0.2) is 0 Å². The van der Waals surface area contributed by atoms with Crippen LogP contribution in [-0.2, 0) is 17.6 Å². The molecule has 1 fully saturated rings. The summed E-state index contributed by atoms with van der Waals surface area (Å²) in [5, 5.41) is 14.5. The minimum Gasteiger partial charge on any atom is -0.465 e. The molecule has 0 aliphatic carbocycles. The van der Waals surface area contributed by atoms with Gasteiger partial charge in [-0.2, -0.15) is 0 Å². The van der Waals surface area contributed by atoms with E-state index in [0.29, 0.717) is 6.54 Å². The maximum atomic E-state index is 12.1. The first-order valence-corrected chi connectivity index (χ1v) is 7.26. The summed E-state index contributed by atoms with van der Waals surface area (Å²) in [6.45, 7) is 2.34. The predicted octanol–water partition coefficient (Wildman–Crippen LogP) is 0.748. The van der Waals surface area contributed by atoms with Crippen molar-refractivity contribution in [1.82, 2.24) is 10.6 Å². The molecule has 3 rings (SSSR count). The largest absolute Gasteiger partial charge is 0.465 e. The molecule has 0 saturated carbocycles. The summed E-state index contributed by atoms with van der Waals surface area (Å²) in [4.78, 5) is 24.5. The Morgan fingerprint density at radius 3 is 2.81 bits per heavy atom. The molecule has 6 heteroatoms. The molecular weight excluding hydrogens is 270 g/mol. The quantitative estimate of drug-likeness (QED) is 0.750. The maximum absolute atomic E-state index is 12.1. The van der Waals surface area contributed by atoms with Gasteiger partial charge >= 0.3 is 6.09 Å². The van der Waals surface area contributed by atoms with Crippen LogP contribution in [0.4, 0.5) is 10.5 Å². The number of nitrogens with one attached hydrogen (secondary N) is 2. The molecule has 3 N–H and O–H groups in total. The number of hydrogen-bond acceptors (Lipinski definition) is 3. The van der Waals surface area contributed by atoms with Crippen molar-refractivity contribution in [1.29, 1.82) is 0 Å². The molecule has 2 amide bonds. The third-order valence-corrected chi connectivity index (χ3v) is 4.10. The van der Waals surface area contributed by atoms with Crippen LogP contribution in [0.15, 0.2) is 18.2 Å². The predicted molar refractivity (Wildman–Crippen MR) is 78.6 cm³/mol. The highest BCUT2D eigenvalue weighted by Crippen LogP contribution is 2.25. The van der Waals surface area contributed by atoms with E-state index >= 15 is 0 Å². The van der Waals surface area contributed by atoms with Crippen LogP contribution in [-0.4, -0.2) is 42.8 Å². The van der Waals surface area contributed by atoms with Crippen LogP contribution < -0.4 is 15.5 Å². The molecule has 0 bridgehead atoms. The average molecular weight is 289 g/mol. The monoisotopic (exact) mass is 289 g/mol. The van der Waals surface area contributed by atoms with Crippen LogP contribution in [0.3, 0.4) is 0 Å².